The van der Waals surface area contributed by atoms with E-state index in [1.165, 1.54) is 37.1 Å². The zero-order valence-corrected chi connectivity index (χ0v) is 21.2. The molecule has 2 heterocycles. The average molecular weight is 505 g/mol. The summed E-state index contributed by atoms with van der Waals surface area (Å²) in [4.78, 5) is 7.50. The van der Waals surface area contributed by atoms with Crippen LogP contribution < -0.4 is 10.6 Å². The number of aromatic nitrogens is 2. The van der Waals surface area contributed by atoms with Crippen molar-refractivity contribution >= 4 is 29.9 Å². The smallest absolute Gasteiger partial charge is 0.191 e. The lowest BCUT2D eigenvalue weighted by Crippen LogP contribution is -2.46. The molecule has 0 spiro atoms. The molecule has 0 amide bonds. The number of halogens is 1. The molecular formula is C21H41IN6. The van der Waals surface area contributed by atoms with Crippen LogP contribution in [0, 0.1) is 13.8 Å². The maximum absolute atomic E-state index is 4.89. The Kier molecular flexibility index (Phi) is 10.8. The van der Waals surface area contributed by atoms with Crippen molar-refractivity contribution < 1.29 is 0 Å². The van der Waals surface area contributed by atoms with Gasteiger partial charge in [0.1, 0.15) is 0 Å². The number of guanidine groups is 1. The Labute approximate surface area is 189 Å². The average Bonchev–Trinajstić information content (AvgIpc) is 2.86. The summed E-state index contributed by atoms with van der Waals surface area (Å²) in [6.45, 7) is 16.1. The summed E-state index contributed by atoms with van der Waals surface area (Å²) < 4.78 is 1.97. The van der Waals surface area contributed by atoms with Gasteiger partial charge in [-0.2, -0.15) is 5.10 Å². The zero-order chi connectivity index (χ0) is 20.0. The first-order valence-corrected chi connectivity index (χ1v) is 10.6. The van der Waals surface area contributed by atoms with E-state index in [4.69, 9.17) is 4.99 Å². The molecule has 3 atom stereocenters. The molecule has 1 fully saturated rings. The molecule has 1 aromatic rings. The molecule has 0 bridgehead atoms. The quantitative estimate of drug-likeness (QED) is 0.340. The van der Waals surface area contributed by atoms with Gasteiger partial charge in [0.2, 0.25) is 0 Å². The molecule has 3 unspecified atom stereocenters. The maximum atomic E-state index is 4.89. The normalized spacial score (nSPS) is 20.4. The second-order valence-corrected chi connectivity index (χ2v) is 8.17. The second kappa shape index (κ2) is 12.0. The fourth-order valence-corrected chi connectivity index (χ4v) is 4.13. The second-order valence-electron chi connectivity index (χ2n) is 8.17. The number of aliphatic imine (C=N–C) groups is 1. The molecule has 6 nitrogen and oxygen atoms in total. The minimum absolute atomic E-state index is 0. The van der Waals surface area contributed by atoms with Crippen molar-refractivity contribution in [3.05, 3.63) is 17.0 Å². The summed E-state index contributed by atoms with van der Waals surface area (Å²) >= 11 is 0. The molecule has 0 aromatic carbocycles. The lowest BCUT2D eigenvalue weighted by molar-refractivity contribution is 0.118. The molecular weight excluding hydrogens is 463 g/mol. The number of nitrogens with one attached hydrogen (secondary N) is 2. The number of rotatable bonds is 7. The highest BCUT2D eigenvalue weighted by Gasteiger charge is 2.23. The summed E-state index contributed by atoms with van der Waals surface area (Å²) in [5.74, 6) is 0.917. The molecule has 1 aromatic heterocycles. The van der Waals surface area contributed by atoms with Crippen molar-refractivity contribution in [3.8, 4) is 0 Å². The predicted molar refractivity (Wildman–Crippen MR) is 130 cm³/mol. The third kappa shape index (κ3) is 6.90. The first-order chi connectivity index (χ1) is 12.8. The highest BCUT2D eigenvalue weighted by atomic mass is 127. The van der Waals surface area contributed by atoms with Gasteiger partial charge in [0.15, 0.2) is 5.96 Å². The van der Waals surface area contributed by atoms with Crippen LogP contribution in [0.4, 0.5) is 0 Å². The van der Waals surface area contributed by atoms with E-state index in [2.05, 4.69) is 62.2 Å². The Hall–Kier alpha value is -0.830. The number of likely N-dealkylation sites (tertiary alicyclic amines) is 1. The van der Waals surface area contributed by atoms with Crippen LogP contribution in [0.15, 0.2) is 4.99 Å². The van der Waals surface area contributed by atoms with Gasteiger partial charge in [0, 0.05) is 37.4 Å². The number of piperidine rings is 1. The SMILES string of the molecule is CCNC(=NCC(C)N1CCCCC1C)NC(C)Cc1c(C)nn(C)c1C.I. The lowest BCUT2D eigenvalue weighted by atomic mass is 10.0. The topological polar surface area (TPSA) is 57.5 Å². The van der Waals surface area contributed by atoms with Gasteiger partial charge in [-0.1, -0.05) is 6.42 Å². The molecule has 0 radical (unpaired) electrons. The van der Waals surface area contributed by atoms with E-state index in [-0.39, 0.29) is 24.0 Å². The Bertz CT molecular complexity index is 627. The van der Waals surface area contributed by atoms with Crippen LogP contribution in [0.3, 0.4) is 0 Å². The van der Waals surface area contributed by atoms with Crippen LogP contribution in [0.1, 0.15) is 63.9 Å². The fourth-order valence-electron chi connectivity index (χ4n) is 4.13. The van der Waals surface area contributed by atoms with E-state index in [1.807, 2.05) is 11.7 Å². The fraction of sp³-hybridized carbons (Fsp3) is 0.810. The van der Waals surface area contributed by atoms with Gasteiger partial charge in [0.05, 0.1) is 12.2 Å². The van der Waals surface area contributed by atoms with Gasteiger partial charge in [0.25, 0.3) is 0 Å². The van der Waals surface area contributed by atoms with Gasteiger partial charge < -0.3 is 10.6 Å². The van der Waals surface area contributed by atoms with Crippen LogP contribution >= 0.6 is 24.0 Å². The van der Waals surface area contributed by atoms with E-state index in [9.17, 15) is 0 Å². The van der Waals surface area contributed by atoms with Crippen molar-refractivity contribution in [3.63, 3.8) is 0 Å². The van der Waals surface area contributed by atoms with E-state index in [0.29, 0.717) is 18.1 Å². The van der Waals surface area contributed by atoms with Crippen LogP contribution in [0.25, 0.3) is 0 Å². The molecule has 1 aliphatic rings. The van der Waals surface area contributed by atoms with Crippen molar-refractivity contribution in [1.82, 2.24) is 25.3 Å². The highest BCUT2D eigenvalue weighted by molar-refractivity contribution is 14.0. The minimum Gasteiger partial charge on any atom is -0.357 e. The van der Waals surface area contributed by atoms with E-state index >= 15 is 0 Å². The first kappa shape index (κ1) is 25.2. The highest BCUT2D eigenvalue weighted by Crippen LogP contribution is 2.19. The Morgan fingerprint density at radius 2 is 2.00 bits per heavy atom. The third-order valence-corrected chi connectivity index (χ3v) is 5.83. The van der Waals surface area contributed by atoms with Gasteiger partial charge in [-0.15, -0.1) is 24.0 Å². The first-order valence-electron chi connectivity index (χ1n) is 10.6. The number of nitrogens with zero attached hydrogens (tertiary/aromatic N) is 4. The van der Waals surface area contributed by atoms with Gasteiger partial charge >= 0.3 is 0 Å². The molecule has 7 heteroatoms. The Balaban J connectivity index is 0.00000392. The monoisotopic (exact) mass is 504 g/mol. The summed E-state index contributed by atoms with van der Waals surface area (Å²) in [6, 6.07) is 1.46. The standard InChI is InChI=1S/C21H40N6.HI/c1-8-22-21(23-14-17(4)27-12-10-9-11-16(27)3)24-15(2)13-20-18(5)25-26(7)19(20)6;/h15-17H,8-14H2,1-7H3,(H2,22,23,24);1H. The van der Waals surface area contributed by atoms with Crippen LogP contribution in [0.5, 0.6) is 0 Å². The molecule has 0 aliphatic carbocycles. The van der Waals surface area contributed by atoms with Crippen LogP contribution in [-0.4, -0.2) is 58.4 Å². The molecule has 28 heavy (non-hydrogen) atoms. The van der Waals surface area contributed by atoms with Gasteiger partial charge in [-0.3, -0.25) is 14.6 Å². The molecule has 162 valence electrons. The largest absolute Gasteiger partial charge is 0.357 e. The van der Waals surface area contributed by atoms with E-state index in [1.54, 1.807) is 0 Å². The summed E-state index contributed by atoms with van der Waals surface area (Å²) in [5.41, 5.74) is 3.71. The van der Waals surface area contributed by atoms with Crippen LogP contribution in [0.2, 0.25) is 0 Å². The summed E-state index contributed by atoms with van der Waals surface area (Å²) in [6.07, 6.45) is 4.95. The van der Waals surface area contributed by atoms with E-state index < -0.39 is 0 Å². The van der Waals surface area contributed by atoms with E-state index in [0.717, 1.165) is 31.2 Å². The van der Waals surface area contributed by atoms with Crippen molar-refractivity contribution in [2.45, 2.75) is 85.4 Å². The minimum atomic E-state index is 0. The zero-order valence-electron chi connectivity index (χ0n) is 18.9. The van der Waals surface area contributed by atoms with Crippen molar-refractivity contribution in [2.75, 3.05) is 19.6 Å². The summed E-state index contributed by atoms with van der Waals surface area (Å²) in [7, 11) is 2.01. The van der Waals surface area contributed by atoms with Crippen LogP contribution in [-0.2, 0) is 13.5 Å². The third-order valence-electron chi connectivity index (χ3n) is 5.83. The number of hydrogen-bond donors (Lipinski definition) is 2. The Morgan fingerprint density at radius 1 is 1.29 bits per heavy atom. The molecule has 2 rings (SSSR count). The molecule has 0 saturated carbocycles. The molecule has 2 N–H and O–H groups in total. The lowest BCUT2D eigenvalue weighted by Gasteiger charge is -2.37. The van der Waals surface area contributed by atoms with Gasteiger partial charge in [-0.25, -0.2) is 0 Å². The van der Waals surface area contributed by atoms with Crippen molar-refractivity contribution in [2.24, 2.45) is 12.0 Å². The Morgan fingerprint density at radius 3 is 2.57 bits per heavy atom. The molecule has 1 saturated heterocycles. The van der Waals surface area contributed by atoms with Crippen molar-refractivity contribution in [1.29, 1.82) is 0 Å². The predicted octanol–water partition coefficient (Wildman–Crippen LogP) is 3.40. The number of hydrogen-bond acceptors (Lipinski definition) is 3. The maximum Gasteiger partial charge on any atom is 0.191 e. The molecule has 1 aliphatic heterocycles. The summed E-state index contributed by atoms with van der Waals surface area (Å²) in [5, 5.41) is 11.5. The number of aryl methyl sites for hydroxylation is 2. The van der Waals surface area contributed by atoms with Gasteiger partial charge in [-0.05, 0) is 72.9 Å².